The summed E-state index contributed by atoms with van der Waals surface area (Å²) in [5.74, 6) is -3.98. The fraction of sp³-hybridized carbons (Fsp3) is 0.318. The Bertz CT molecular complexity index is 909. The van der Waals surface area contributed by atoms with E-state index in [1.807, 2.05) is 0 Å². The smallest absolute Gasteiger partial charge is 0.325 e. The zero-order chi connectivity index (χ0) is 23.3. The molecular formula is C22H24F2N2O5S. The SMILES string of the molecule is CCCCOc1ccc(C(=O)NCC(=O)OCC(=O)Nc2ccccc2SC(F)F)cc1. The first-order chi connectivity index (χ1) is 15.4. The molecule has 2 amide bonds. The molecule has 2 rings (SSSR count). The molecule has 0 saturated heterocycles. The third-order valence-electron chi connectivity index (χ3n) is 4.02. The van der Waals surface area contributed by atoms with Crippen LogP contribution < -0.4 is 15.4 Å². The van der Waals surface area contributed by atoms with Crippen molar-refractivity contribution in [2.45, 2.75) is 30.4 Å². The highest BCUT2D eigenvalue weighted by Gasteiger charge is 2.14. The van der Waals surface area contributed by atoms with Crippen LogP contribution in [-0.4, -0.2) is 43.3 Å². The molecule has 0 atom stereocenters. The maximum absolute atomic E-state index is 12.6. The maximum Gasteiger partial charge on any atom is 0.325 e. The quantitative estimate of drug-likeness (QED) is 0.278. The Hall–Kier alpha value is -3.14. The predicted octanol–water partition coefficient (Wildman–Crippen LogP) is 4.09. The van der Waals surface area contributed by atoms with Gasteiger partial charge in [0.1, 0.15) is 12.3 Å². The molecular weight excluding hydrogens is 442 g/mol. The van der Waals surface area contributed by atoms with Crippen LogP contribution in [0.2, 0.25) is 0 Å². The van der Waals surface area contributed by atoms with E-state index in [1.165, 1.54) is 12.1 Å². The van der Waals surface area contributed by atoms with Crippen LogP contribution in [0.3, 0.4) is 0 Å². The van der Waals surface area contributed by atoms with Crippen LogP contribution in [0.4, 0.5) is 14.5 Å². The van der Waals surface area contributed by atoms with E-state index < -0.39 is 36.7 Å². The minimum Gasteiger partial charge on any atom is -0.494 e. The summed E-state index contributed by atoms with van der Waals surface area (Å²) in [5, 5.41) is 4.82. The number of para-hydroxylation sites is 1. The lowest BCUT2D eigenvalue weighted by molar-refractivity contribution is -0.146. The summed E-state index contributed by atoms with van der Waals surface area (Å²) in [5.41, 5.74) is 0.529. The summed E-state index contributed by atoms with van der Waals surface area (Å²) >= 11 is 0.295. The molecule has 0 saturated carbocycles. The molecule has 0 unspecified atom stereocenters. The molecule has 172 valence electrons. The van der Waals surface area contributed by atoms with Gasteiger partial charge in [-0.15, -0.1) is 0 Å². The first kappa shape index (κ1) is 25.1. The average molecular weight is 467 g/mol. The summed E-state index contributed by atoms with van der Waals surface area (Å²) in [6.07, 6.45) is 1.95. The number of unbranched alkanes of at least 4 members (excludes halogenated alkanes) is 1. The highest BCUT2D eigenvalue weighted by molar-refractivity contribution is 7.99. The van der Waals surface area contributed by atoms with Gasteiger partial charge in [0, 0.05) is 10.5 Å². The molecule has 2 aromatic rings. The van der Waals surface area contributed by atoms with Gasteiger partial charge in [-0.1, -0.05) is 37.2 Å². The van der Waals surface area contributed by atoms with Gasteiger partial charge in [0.25, 0.3) is 17.6 Å². The molecule has 0 aliphatic rings. The number of ether oxygens (including phenoxy) is 2. The van der Waals surface area contributed by atoms with Gasteiger partial charge in [-0.05, 0) is 42.8 Å². The van der Waals surface area contributed by atoms with E-state index in [0.29, 0.717) is 29.7 Å². The number of amides is 2. The molecule has 32 heavy (non-hydrogen) atoms. The second-order valence-electron chi connectivity index (χ2n) is 6.49. The highest BCUT2D eigenvalue weighted by Crippen LogP contribution is 2.31. The van der Waals surface area contributed by atoms with E-state index in [2.05, 4.69) is 17.6 Å². The molecule has 0 aliphatic heterocycles. The van der Waals surface area contributed by atoms with Crippen molar-refractivity contribution in [1.82, 2.24) is 5.32 Å². The lowest BCUT2D eigenvalue weighted by Gasteiger charge is -2.11. The maximum atomic E-state index is 12.6. The Balaban J connectivity index is 1.74. The van der Waals surface area contributed by atoms with E-state index in [9.17, 15) is 23.2 Å². The minimum atomic E-state index is -2.64. The van der Waals surface area contributed by atoms with Crippen molar-refractivity contribution < 1.29 is 32.6 Å². The van der Waals surface area contributed by atoms with E-state index in [1.54, 1.807) is 36.4 Å². The summed E-state index contributed by atoms with van der Waals surface area (Å²) in [6.45, 7) is 1.60. The van der Waals surface area contributed by atoms with Crippen molar-refractivity contribution in [3.05, 3.63) is 54.1 Å². The number of halogens is 2. The van der Waals surface area contributed by atoms with Crippen LogP contribution in [0.5, 0.6) is 5.75 Å². The Morgan fingerprint density at radius 3 is 2.47 bits per heavy atom. The topological polar surface area (TPSA) is 93.7 Å². The first-order valence-electron chi connectivity index (χ1n) is 9.89. The van der Waals surface area contributed by atoms with Gasteiger partial charge < -0.3 is 20.1 Å². The van der Waals surface area contributed by atoms with Crippen LogP contribution in [0.25, 0.3) is 0 Å². The summed E-state index contributed by atoms with van der Waals surface area (Å²) in [6, 6.07) is 12.5. The number of carbonyl (C=O) groups excluding carboxylic acids is 3. The van der Waals surface area contributed by atoms with Crippen LogP contribution in [-0.2, 0) is 14.3 Å². The van der Waals surface area contributed by atoms with E-state index in [0.717, 1.165) is 12.8 Å². The molecule has 0 spiro atoms. The molecule has 0 fully saturated rings. The van der Waals surface area contributed by atoms with Crippen molar-refractivity contribution in [3.63, 3.8) is 0 Å². The number of nitrogens with one attached hydrogen (secondary N) is 2. The summed E-state index contributed by atoms with van der Waals surface area (Å²) in [4.78, 5) is 36.1. The van der Waals surface area contributed by atoms with Gasteiger partial charge in [-0.25, -0.2) is 0 Å². The van der Waals surface area contributed by atoms with Crippen molar-refractivity contribution in [2.75, 3.05) is 25.1 Å². The number of thioether (sulfide) groups is 1. The van der Waals surface area contributed by atoms with Gasteiger partial charge in [0.2, 0.25) is 0 Å². The first-order valence-corrected chi connectivity index (χ1v) is 10.8. The monoisotopic (exact) mass is 466 g/mol. The van der Waals surface area contributed by atoms with Crippen molar-refractivity contribution >= 4 is 35.2 Å². The second-order valence-corrected chi connectivity index (χ2v) is 7.52. The molecule has 0 radical (unpaired) electrons. The number of alkyl halides is 2. The molecule has 2 N–H and O–H groups in total. The van der Waals surface area contributed by atoms with Crippen molar-refractivity contribution in [3.8, 4) is 5.75 Å². The van der Waals surface area contributed by atoms with Gasteiger partial charge in [0.05, 0.1) is 12.3 Å². The van der Waals surface area contributed by atoms with Crippen molar-refractivity contribution in [1.29, 1.82) is 0 Å². The molecule has 0 aliphatic carbocycles. The minimum absolute atomic E-state index is 0.189. The van der Waals surface area contributed by atoms with E-state index >= 15 is 0 Å². The fourth-order valence-corrected chi connectivity index (χ4v) is 3.04. The Labute approximate surface area is 188 Å². The van der Waals surface area contributed by atoms with E-state index in [-0.39, 0.29) is 10.6 Å². The van der Waals surface area contributed by atoms with Crippen LogP contribution >= 0.6 is 11.8 Å². The number of carbonyl (C=O) groups is 3. The van der Waals surface area contributed by atoms with Gasteiger partial charge >= 0.3 is 5.97 Å². The number of esters is 1. The number of benzene rings is 2. The standard InChI is InChI=1S/C22H24F2N2O5S/c1-2-3-12-30-16-10-8-15(9-11-16)21(29)25-13-20(28)31-14-19(27)26-17-6-4-5-7-18(17)32-22(23)24/h4-11,22H,2-3,12-14H2,1H3,(H,25,29)(H,26,27). The Morgan fingerprint density at radius 1 is 1.06 bits per heavy atom. The number of anilines is 1. The third kappa shape index (κ3) is 8.93. The lowest BCUT2D eigenvalue weighted by atomic mass is 10.2. The third-order valence-corrected chi connectivity index (χ3v) is 4.81. The Morgan fingerprint density at radius 2 is 1.78 bits per heavy atom. The van der Waals surface area contributed by atoms with Gasteiger partial charge in [0.15, 0.2) is 6.61 Å². The number of hydrogen-bond acceptors (Lipinski definition) is 6. The van der Waals surface area contributed by atoms with Crippen LogP contribution in [0, 0.1) is 0 Å². The van der Waals surface area contributed by atoms with E-state index in [4.69, 9.17) is 9.47 Å². The lowest BCUT2D eigenvalue weighted by Crippen LogP contribution is -2.32. The molecule has 2 aromatic carbocycles. The largest absolute Gasteiger partial charge is 0.494 e. The fourth-order valence-electron chi connectivity index (χ4n) is 2.44. The van der Waals surface area contributed by atoms with Crippen LogP contribution in [0.1, 0.15) is 30.1 Å². The Kier molecular flexibility index (Phi) is 10.5. The van der Waals surface area contributed by atoms with Crippen molar-refractivity contribution in [2.24, 2.45) is 0 Å². The predicted molar refractivity (Wildman–Crippen MR) is 117 cm³/mol. The highest BCUT2D eigenvalue weighted by atomic mass is 32.2. The van der Waals surface area contributed by atoms with Gasteiger partial charge in [-0.3, -0.25) is 14.4 Å². The zero-order valence-corrected chi connectivity index (χ0v) is 18.3. The van der Waals surface area contributed by atoms with Crippen LogP contribution in [0.15, 0.2) is 53.4 Å². The number of rotatable bonds is 12. The molecule has 0 heterocycles. The summed E-state index contributed by atoms with van der Waals surface area (Å²) < 4.78 is 35.5. The normalized spacial score (nSPS) is 10.5. The molecule has 0 bridgehead atoms. The molecule has 10 heteroatoms. The second kappa shape index (κ2) is 13.3. The molecule has 7 nitrogen and oxygen atoms in total. The summed E-state index contributed by atoms with van der Waals surface area (Å²) in [7, 11) is 0. The molecule has 0 aromatic heterocycles. The van der Waals surface area contributed by atoms with Gasteiger partial charge in [-0.2, -0.15) is 8.78 Å². The zero-order valence-electron chi connectivity index (χ0n) is 17.4. The average Bonchev–Trinajstić information content (AvgIpc) is 2.77. The number of hydrogen-bond donors (Lipinski definition) is 2.